The lowest BCUT2D eigenvalue weighted by Gasteiger charge is -2.12. The van der Waals surface area contributed by atoms with Crippen molar-refractivity contribution in [2.45, 2.75) is 6.92 Å². The van der Waals surface area contributed by atoms with Gasteiger partial charge in [-0.1, -0.05) is 11.6 Å². The van der Waals surface area contributed by atoms with E-state index in [0.717, 1.165) is 37.4 Å². The van der Waals surface area contributed by atoms with Gasteiger partial charge in [-0.2, -0.15) is 0 Å². The quantitative estimate of drug-likeness (QED) is 0.303. The SMILES string of the molecule is Cc1cc(Nc2ncnc(Cl)c2I)ccc1Oc1ccc2c(c1)ncn2C. The number of ether oxygens (including phenoxy) is 1. The zero-order valence-corrected chi connectivity index (χ0v) is 17.5. The van der Waals surface area contributed by atoms with Gasteiger partial charge in [0, 0.05) is 18.8 Å². The van der Waals surface area contributed by atoms with E-state index in [1.165, 1.54) is 6.33 Å². The maximum Gasteiger partial charge on any atom is 0.148 e. The molecule has 0 aliphatic carbocycles. The lowest BCUT2D eigenvalue weighted by Crippen LogP contribution is -1.99. The number of hydrogen-bond acceptors (Lipinski definition) is 5. The first-order valence-corrected chi connectivity index (χ1v) is 9.59. The maximum absolute atomic E-state index is 6.05. The molecule has 4 aromatic rings. The first-order valence-electron chi connectivity index (χ1n) is 8.14. The molecule has 4 rings (SSSR count). The zero-order valence-electron chi connectivity index (χ0n) is 14.6. The highest BCUT2D eigenvalue weighted by molar-refractivity contribution is 14.1. The van der Waals surface area contributed by atoms with E-state index in [-0.39, 0.29) is 0 Å². The van der Waals surface area contributed by atoms with Gasteiger partial charge in [0.05, 0.1) is 20.9 Å². The van der Waals surface area contributed by atoms with E-state index in [4.69, 9.17) is 16.3 Å². The topological polar surface area (TPSA) is 64.9 Å². The Morgan fingerprint density at radius 1 is 1.11 bits per heavy atom. The number of anilines is 2. The molecule has 2 aromatic heterocycles. The predicted molar refractivity (Wildman–Crippen MR) is 115 cm³/mol. The second-order valence-corrected chi connectivity index (χ2v) is 7.48. The van der Waals surface area contributed by atoms with Crippen molar-refractivity contribution in [2.24, 2.45) is 7.05 Å². The number of nitrogens with zero attached hydrogens (tertiary/aromatic N) is 4. The lowest BCUT2D eigenvalue weighted by atomic mass is 10.2. The molecule has 0 bridgehead atoms. The van der Waals surface area contributed by atoms with Gasteiger partial charge in [0.15, 0.2) is 0 Å². The number of rotatable bonds is 4. The monoisotopic (exact) mass is 491 g/mol. The number of hydrogen-bond donors (Lipinski definition) is 1. The summed E-state index contributed by atoms with van der Waals surface area (Å²) in [6, 6.07) is 11.8. The number of aromatic nitrogens is 4. The fourth-order valence-corrected chi connectivity index (χ4v) is 3.27. The average Bonchev–Trinajstić information content (AvgIpc) is 3.02. The van der Waals surface area contributed by atoms with Crippen LogP contribution >= 0.6 is 34.2 Å². The van der Waals surface area contributed by atoms with Crippen LogP contribution in [0.2, 0.25) is 5.15 Å². The standard InChI is InChI=1S/C19H15ClIN5O/c1-11-7-12(25-19-17(21)18(20)22-9-23-19)3-6-16(11)27-13-4-5-15-14(8-13)24-10-26(15)2/h3-10H,1-2H3,(H,22,23,25). The number of imidazole rings is 1. The molecule has 0 aliphatic rings. The van der Waals surface area contributed by atoms with Crippen molar-refractivity contribution in [1.29, 1.82) is 0 Å². The predicted octanol–water partition coefficient (Wildman–Crippen LogP) is 5.47. The van der Waals surface area contributed by atoms with Crippen LogP contribution in [0.4, 0.5) is 11.5 Å². The molecule has 27 heavy (non-hydrogen) atoms. The molecule has 0 atom stereocenters. The summed E-state index contributed by atoms with van der Waals surface area (Å²) in [6.45, 7) is 2.00. The number of aryl methyl sites for hydroxylation is 2. The molecule has 0 unspecified atom stereocenters. The van der Waals surface area contributed by atoms with Crippen molar-refractivity contribution >= 4 is 56.7 Å². The first kappa shape index (κ1) is 18.0. The molecule has 0 aliphatic heterocycles. The Morgan fingerprint density at radius 2 is 1.96 bits per heavy atom. The average molecular weight is 492 g/mol. The van der Waals surface area contributed by atoms with E-state index in [1.54, 1.807) is 6.33 Å². The Morgan fingerprint density at radius 3 is 2.78 bits per heavy atom. The summed E-state index contributed by atoms with van der Waals surface area (Å²) >= 11 is 8.16. The van der Waals surface area contributed by atoms with Gasteiger partial charge in [-0.3, -0.25) is 0 Å². The second-order valence-electron chi connectivity index (χ2n) is 6.04. The van der Waals surface area contributed by atoms with Crippen LogP contribution in [0, 0.1) is 10.5 Å². The Kier molecular flexibility index (Phi) is 4.88. The minimum atomic E-state index is 0.426. The van der Waals surface area contributed by atoms with Crippen molar-refractivity contribution in [3.05, 3.63) is 63.3 Å². The summed E-state index contributed by atoms with van der Waals surface area (Å²) in [7, 11) is 1.97. The highest BCUT2D eigenvalue weighted by Crippen LogP contribution is 2.31. The van der Waals surface area contributed by atoms with E-state index in [1.807, 2.05) is 54.9 Å². The smallest absolute Gasteiger partial charge is 0.148 e. The molecule has 6 nitrogen and oxygen atoms in total. The van der Waals surface area contributed by atoms with Crippen LogP contribution in [0.1, 0.15) is 5.56 Å². The molecule has 0 saturated heterocycles. The van der Waals surface area contributed by atoms with E-state index >= 15 is 0 Å². The number of fused-ring (bicyclic) bond motifs is 1. The Hall–Kier alpha value is -2.39. The van der Waals surface area contributed by atoms with Crippen molar-refractivity contribution in [1.82, 2.24) is 19.5 Å². The van der Waals surface area contributed by atoms with Gasteiger partial charge in [0.25, 0.3) is 0 Å². The molecule has 0 saturated carbocycles. The fourth-order valence-electron chi connectivity index (χ4n) is 2.72. The number of benzene rings is 2. The minimum Gasteiger partial charge on any atom is -0.457 e. The van der Waals surface area contributed by atoms with Gasteiger partial charge in [0.2, 0.25) is 0 Å². The lowest BCUT2D eigenvalue weighted by molar-refractivity contribution is 0.479. The Balaban J connectivity index is 1.56. The van der Waals surface area contributed by atoms with Crippen LogP contribution in [0.25, 0.3) is 11.0 Å². The third-order valence-corrected chi connectivity index (χ3v) is 5.74. The Labute approximate surface area is 174 Å². The third-order valence-electron chi connectivity index (χ3n) is 4.11. The van der Waals surface area contributed by atoms with Gasteiger partial charge in [0.1, 0.15) is 28.8 Å². The van der Waals surface area contributed by atoms with Crippen LogP contribution in [0.15, 0.2) is 49.1 Å². The second kappa shape index (κ2) is 7.32. The molecule has 2 aromatic carbocycles. The molecule has 8 heteroatoms. The molecule has 0 spiro atoms. The molecule has 0 amide bonds. The van der Waals surface area contributed by atoms with Crippen LogP contribution in [0.5, 0.6) is 11.5 Å². The molecule has 0 fully saturated rings. The van der Waals surface area contributed by atoms with Crippen molar-refractivity contribution in [3.63, 3.8) is 0 Å². The summed E-state index contributed by atoms with van der Waals surface area (Å²) in [6.07, 6.45) is 3.23. The summed E-state index contributed by atoms with van der Waals surface area (Å²) in [4.78, 5) is 12.6. The van der Waals surface area contributed by atoms with Crippen LogP contribution in [0.3, 0.4) is 0 Å². The molecule has 2 heterocycles. The third kappa shape index (κ3) is 3.70. The summed E-state index contributed by atoms with van der Waals surface area (Å²) in [5, 5.41) is 3.69. The largest absolute Gasteiger partial charge is 0.457 e. The summed E-state index contributed by atoms with van der Waals surface area (Å²) in [5.74, 6) is 2.21. The molecule has 136 valence electrons. The van der Waals surface area contributed by atoms with Crippen LogP contribution < -0.4 is 10.1 Å². The number of halogens is 2. The van der Waals surface area contributed by atoms with Gasteiger partial charge >= 0.3 is 0 Å². The molecule has 0 radical (unpaired) electrons. The summed E-state index contributed by atoms with van der Waals surface area (Å²) < 4.78 is 8.80. The van der Waals surface area contributed by atoms with E-state index in [9.17, 15) is 0 Å². The zero-order chi connectivity index (χ0) is 19.0. The first-order chi connectivity index (χ1) is 13.0. The molecule has 1 N–H and O–H groups in total. The number of nitrogens with one attached hydrogen (secondary N) is 1. The van der Waals surface area contributed by atoms with E-state index in [0.29, 0.717) is 11.0 Å². The normalized spacial score (nSPS) is 11.0. The molecular formula is C19H15ClIN5O. The highest BCUT2D eigenvalue weighted by Gasteiger charge is 2.09. The van der Waals surface area contributed by atoms with Crippen molar-refractivity contribution in [2.75, 3.05) is 5.32 Å². The Bertz CT molecular complexity index is 1140. The minimum absolute atomic E-state index is 0.426. The van der Waals surface area contributed by atoms with Gasteiger partial charge in [-0.05, 0) is 65.4 Å². The maximum atomic E-state index is 6.05. The van der Waals surface area contributed by atoms with Crippen LogP contribution in [-0.2, 0) is 7.05 Å². The van der Waals surface area contributed by atoms with Gasteiger partial charge < -0.3 is 14.6 Å². The summed E-state index contributed by atoms with van der Waals surface area (Å²) in [5.41, 5.74) is 3.86. The van der Waals surface area contributed by atoms with Crippen LogP contribution in [-0.4, -0.2) is 19.5 Å². The van der Waals surface area contributed by atoms with Crippen molar-refractivity contribution < 1.29 is 4.74 Å². The van der Waals surface area contributed by atoms with Gasteiger partial charge in [-0.15, -0.1) is 0 Å². The van der Waals surface area contributed by atoms with Gasteiger partial charge in [-0.25, -0.2) is 15.0 Å². The van der Waals surface area contributed by atoms with Crippen molar-refractivity contribution in [3.8, 4) is 11.5 Å². The fraction of sp³-hybridized carbons (Fsp3) is 0.105. The van der Waals surface area contributed by atoms with E-state index < -0.39 is 0 Å². The molecular weight excluding hydrogens is 477 g/mol. The highest BCUT2D eigenvalue weighted by atomic mass is 127. The van der Waals surface area contributed by atoms with E-state index in [2.05, 4.69) is 42.9 Å².